The van der Waals surface area contributed by atoms with Gasteiger partial charge in [-0.3, -0.25) is 9.69 Å². The molecule has 4 atom stereocenters. The van der Waals surface area contributed by atoms with Gasteiger partial charge in [0.05, 0.1) is 7.11 Å². The maximum absolute atomic E-state index is 12.4. The SMILES string of the molecule is CCCCCC[C@@H]1CC[C@@H]2CCCC[C@]23CC[C@@H](C(=O)OC)N13. The normalized spacial score (nSPS) is 37.2. The number of carbonyl (C=O) groups excluding carboxylic acids is 1. The molecule has 0 aromatic rings. The molecule has 2 saturated heterocycles. The Morgan fingerprint density at radius 3 is 2.74 bits per heavy atom. The highest BCUT2D eigenvalue weighted by Crippen LogP contribution is 2.54. The van der Waals surface area contributed by atoms with Crippen LogP contribution >= 0.6 is 0 Å². The van der Waals surface area contributed by atoms with Gasteiger partial charge in [-0.15, -0.1) is 0 Å². The number of unbranched alkanes of at least 4 members (excludes halogenated alkanes) is 3. The highest BCUT2D eigenvalue weighted by molar-refractivity contribution is 5.76. The molecule has 3 nitrogen and oxygen atoms in total. The Balaban J connectivity index is 1.76. The molecule has 23 heavy (non-hydrogen) atoms. The average Bonchev–Trinajstić information content (AvgIpc) is 2.97. The lowest BCUT2D eigenvalue weighted by atomic mass is 9.66. The first-order chi connectivity index (χ1) is 11.2. The summed E-state index contributed by atoms with van der Waals surface area (Å²) in [6.07, 6.45) is 17.0. The molecule has 0 unspecified atom stereocenters. The van der Waals surface area contributed by atoms with Gasteiger partial charge in [0.2, 0.25) is 0 Å². The van der Waals surface area contributed by atoms with Crippen molar-refractivity contribution in [2.75, 3.05) is 7.11 Å². The van der Waals surface area contributed by atoms with Crippen LogP contribution in [-0.2, 0) is 9.53 Å². The van der Waals surface area contributed by atoms with Gasteiger partial charge in [-0.25, -0.2) is 0 Å². The van der Waals surface area contributed by atoms with Crippen LogP contribution in [0.4, 0.5) is 0 Å². The molecule has 0 N–H and O–H groups in total. The van der Waals surface area contributed by atoms with E-state index in [1.807, 2.05) is 0 Å². The van der Waals surface area contributed by atoms with E-state index < -0.39 is 0 Å². The second-order valence-corrected chi connectivity index (χ2v) is 8.11. The van der Waals surface area contributed by atoms with E-state index >= 15 is 0 Å². The Morgan fingerprint density at radius 1 is 1.09 bits per heavy atom. The molecule has 3 fully saturated rings. The Hall–Kier alpha value is -0.570. The highest BCUT2D eigenvalue weighted by Gasteiger charge is 2.57. The van der Waals surface area contributed by atoms with Crippen LogP contribution in [0.5, 0.6) is 0 Å². The van der Waals surface area contributed by atoms with Crippen LogP contribution in [0.25, 0.3) is 0 Å². The number of esters is 1. The maximum atomic E-state index is 12.4. The molecule has 2 heterocycles. The Morgan fingerprint density at radius 2 is 1.96 bits per heavy atom. The predicted molar refractivity (Wildman–Crippen MR) is 93.3 cm³/mol. The molecule has 132 valence electrons. The molecular weight excluding hydrogens is 286 g/mol. The van der Waals surface area contributed by atoms with Crippen molar-refractivity contribution in [3.05, 3.63) is 0 Å². The number of hydrogen-bond donors (Lipinski definition) is 0. The van der Waals surface area contributed by atoms with Crippen LogP contribution in [0.2, 0.25) is 0 Å². The lowest BCUT2D eigenvalue weighted by Crippen LogP contribution is -2.62. The van der Waals surface area contributed by atoms with Crippen molar-refractivity contribution in [2.24, 2.45) is 5.92 Å². The van der Waals surface area contributed by atoms with Crippen molar-refractivity contribution in [2.45, 2.75) is 108 Å². The van der Waals surface area contributed by atoms with E-state index in [0.717, 1.165) is 12.3 Å². The summed E-state index contributed by atoms with van der Waals surface area (Å²) in [5, 5.41) is 0. The minimum Gasteiger partial charge on any atom is -0.468 e. The minimum atomic E-state index is 0.0201. The fourth-order valence-corrected chi connectivity index (χ4v) is 5.95. The molecule has 0 amide bonds. The third-order valence-electron chi connectivity index (χ3n) is 6.98. The number of methoxy groups -OCH3 is 1. The fraction of sp³-hybridized carbons (Fsp3) is 0.950. The van der Waals surface area contributed by atoms with E-state index in [-0.39, 0.29) is 12.0 Å². The summed E-state index contributed by atoms with van der Waals surface area (Å²) in [6, 6.07) is 0.657. The number of rotatable bonds is 6. The number of ether oxygens (including phenoxy) is 1. The maximum Gasteiger partial charge on any atom is 0.323 e. The molecule has 0 radical (unpaired) electrons. The summed E-state index contributed by atoms with van der Waals surface area (Å²) in [5.74, 6) is 0.851. The molecule has 3 rings (SSSR count). The predicted octanol–water partition coefficient (Wildman–Crippen LogP) is 4.69. The standard InChI is InChI=1S/C20H35NO2/c1-3-4-5-6-10-17-12-11-16-9-7-8-14-20(16)15-13-18(21(17)20)19(22)23-2/h16-18H,3-15H2,1-2H3/t16-,17+,18-,20-/m0/s1. The van der Waals surface area contributed by atoms with E-state index in [2.05, 4.69) is 11.8 Å². The van der Waals surface area contributed by atoms with Crippen molar-refractivity contribution in [1.82, 2.24) is 4.90 Å². The van der Waals surface area contributed by atoms with E-state index in [0.29, 0.717) is 11.6 Å². The second-order valence-electron chi connectivity index (χ2n) is 8.11. The molecule has 1 spiro atoms. The quantitative estimate of drug-likeness (QED) is 0.525. The zero-order valence-electron chi connectivity index (χ0n) is 15.2. The van der Waals surface area contributed by atoms with Gasteiger partial charge in [-0.05, 0) is 50.9 Å². The monoisotopic (exact) mass is 321 g/mol. The molecule has 0 bridgehead atoms. The summed E-state index contributed by atoms with van der Waals surface area (Å²) in [6.45, 7) is 2.27. The highest BCUT2D eigenvalue weighted by atomic mass is 16.5. The smallest absolute Gasteiger partial charge is 0.323 e. The zero-order chi connectivity index (χ0) is 16.3. The van der Waals surface area contributed by atoms with Crippen molar-refractivity contribution in [3.8, 4) is 0 Å². The largest absolute Gasteiger partial charge is 0.468 e. The van der Waals surface area contributed by atoms with Gasteiger partial charge in [0.15, 0.2) is 0 Å². The van der Waals surface area contributed by atoms with Gasteiger partial charge in [0.1, 0.15) is 6.04 Å². The van der Waals surface area contributed by atoms with Crippen LogP contribution in [0.15, 0.2) is 0 Å². The summed E-state index contributed by atoms with van der Waals surface area (Å²) in [5.41, 5.74) is 0.338. The molecule has 2 aliphatic heterocycles. The number of carbonyl (C=O) groups is 1. The molecule has 0 aromatic heterocycles. The molecule has 1 saturated carbocycles. The average molecular weight is 322 g/mol. The minimum absolute atomic E-state index is 0.0201. The molecular formula is C20H35NO2. The Labute approximate surface area is 142 Å². The second kappa shape index (κ2) is 7.55. The van der Waals surface area contributed by atoms with Gasteiger partial charge < -0.3 is 4.74 Å². The van der Waals surface area contributed by atoms with E-state index in [9.17, 15) is 4.79 Å². The lowest BCUT2D eigenvalue weighted by Gasteiger charge is -2.56. The van der Waals surface area contributed by atoms with Crippen LogP contribution in [0.1, 0.15) is 90.4 Å². The van der Waals surface area contributed by atoms with Crippen molar-refractivity contribution >= 4 is 5.97 Å². The number of nitrogens with zero attached hydrogens (tertiary/aromatic N) is 1. The van der Waals surface area contributed by atoms with Crippen LogP contribution in [0, 0.1) is 5.92 Å². The van der Waals surface area contributed by atoms with Crippen molar-refractivity contribution in [1.29, 1.82) is 0 Å². The molecule has 1 aliphatic carbocycles. The van der Waals surface area contributed by atoms with Crippen LogP contribution in [-0.4, -0.2) is 35.6 Å². The summed E-state index contributed by atoms with van der Waals surface area (Å²) >= 11 is 0. The summed E-state index contributed by atoms with van der Waals surface area (Å²) in [4.78, 5) is 15.1. The summed E-state index contributed by atoms with van der Waals surface area (Å²) in [7, 11) is 1.56. The van der Waals surface area contributed by atoms with Crippen LogP contribution in [0.3, 0.4) is 0 Å². The van der Waals surface area contributed by atoms with Crippen molar-refractivity contribution in [3.63, 3.8) is 0 Å². The van der Waals surface area contributed by atoms with E-state index in [1.54, 1.807) is 7.11 Å². The van der Waals surface area contributed by atoms with E-state index in [4.69, 9.17) is 4.74 Å². The Kier molecular flexibility index (Phi) is 5.66. The zero-order valence-corrected chi connectivity index (χ0v) is 15.2. The first-order valence-electron chi connectivity index (χ1n) is 10.1. The third-order valence-corrected chi connectivity index (χ3v) is 6.98. The third kappa shape index (κ3) is 3.18. The lowest BCUT2D eigenvalue weighted by molar-refractivity contribution is -0.153. The first kappa shape index (κ1) is 17.3. The topological polar surface area (TPSA) is 29.5 Å². The van der Waals surface area contributed by atoms with Gasteiger partial charge >= 0.3 is 5.97 Å². The summed E-state index contributed by atoms with van der Waals surface area (Å²) < 4.78 is 5.17. The van der Waals surface area contributed by atoms with Crippen LogP contribution < -0.4 is 0 Å². The Bertz CT molecular complexity index is 410. The van der Waals surface area contributed by atoms with Crippen molar-refractivity contribution < 1.29 is 9.53 Å². The molecule has 3 heteroatoms. The molecule has 0 aromatic carbocycles. The van der Waals surface area contributed by atoms with Gasteiger partial charge in [-0.2, -0.15) is 0 Å². The number of hydrogen-bond acceptors (Lipinski definition) is 3. The molecule has 3 aliphatic rings. The van der Waals surface area contributed by atoms with Gasteiger partial charge in [0.25, 0.3) is 0 Å². The van der Waals surface area contributed by atoms with E-state index in [1.165, 1.54) is 77.0 Å². The first-order valence-corrected chi connectivity index (χ1v) is 10.1. The van der Waals surface area contributed by atoms with Gasteiger partial charge in [0, 0.05) is 11.6 Å². The number of piperidine rings is 1. The fourth-order valence-electron chi connectivity index (χ4n) is 5.95. The van der Waals surface area contributed by atoms with Gasteiger partial charge in [-0.1, -0.05) is 45.4 Å².